The van der Waals surface area contributed by atoms with Crippen LogP contribution in [0.3, 0.4) is 0 Å². The Labute approximate surface area is 109 Å². The first-order valence-corrected chi connectivity index (χ1v) is 6.83. The maximum absolute atomic E-state index is 5.55. The van der Waals surface area contributed by atoms with Crippen LogP contribution in [0.5, 0.6) is 5.75 Å². The van der Waals surface area contributed by atoms with Gasteiger partial charge < -0.3 is 14.8 Å². The summed E-state index contributed by atoms with van der Waals surface area (Å²) in [6.45, 7) is 7.52. The van der Waals surface area contributed by atoms with E-state index in [1.54, 1.807) is 0 Å². The van der Waals surface area contributed by atoms with Gasteiger partial charge in [0.05, 0.1) is 19.8 Å². The number of benzene rings is 1. The molecule has 1 unspecified atom stereocenters. The predicted octanol–water partition coefficient (Wildman–Crippen LogP) is 2.31. The monoisotopic (exact) mass is 249 g/mol. The second kappa shape index (κ2) is 6.76. The Morgan fingerprint density at radius 3 is 3.00 bits per heavy atom. The number of nitrogens with one attached hydrogen (secondary N) is 1. The molecule has 1 heterocycles. The van der Waals surface area contributed by atoms with Crippen LogP contribution in [-0.4, -0.2) is 32.4 Å². The molecule has 1 aromatic carbocycles. The number of ether oxygens (including phenoxy) is 2. The molecule has 0 spiro atoms. The molecule has 1 fully saturated rings. The Hall–Kier alpha value is -1.06. The molecule has 0 aromatic heterocycles. The number of morpholine rings is 1. The lowest BCUT2D eigenvalue weighted by molar-refractivity contribution is 0.0743. The van der Waals surface area contributed by atoms with Gasteiger partial charge in [-0.05, 0) is 43.9 Å². The summed E-state index contributed by atoms with van der Waals surface area (Å²) in [6.07, 6.45) is 2.22. The highest BCUT2D eigenvalue weighted by atomic mass is 16.5. The van der Waals surface area contributed by atoms with E-state index in [-0.39, 0.29) is 0 Å². The SMILES string of the molecule is CCOc1ccc(CCC2COCCN2)cc1C. The molecule has 0 bridgehead atoms. The lowest BCUT2D eigenvalue weighted by Crippen LogP contribution is -2.41. The molecule has 1 aromatic rings. The minimum absolute atomic E-state index is 0.505. The highest BCUT2D eigenvalue weighted by Crippen LogP contribution is 2.20. The van der Waals surface area contributed by atoms with Crippen molar-refractivity contribution in [3.63, 3.8) is 0 Å². The topological polar surface area (TPSA) is 30.5 Å². The van der Waals surface area contributed by atoms with Crippen molar-refractivity contribution in [3.05, 3.63) is 29.3 Å². The van der Waals surface area contributed by atoms with E-state index in [4.69, 9.17) is 9.47 Å². The standard InChI is InChI=1S/C15H23NO2/c1-3-18-15-7-5-13(10-12(15)2)4-6-14-11-17-9-8-16-14/h5,7,10,14,16H,3-4,6,8-9,11H2,1-2H3. The van der Waals surface area contributed by atoms with Crippen molar-refractivity contribution in [2.24, 2.45) is 0 Å². The van der Waals surface area contributed by atoms with Crippen molar-refractivity contribution < 1.29 is 9.47 Å². The van der Waals surface area contributed by atoms with Gasteiger partial charge in [-0.3, -0.25) is 0 Å². The summed E-state index contributed by atoms with van der Waals surface area (Å²) in [5.74, 6) is 1.00. The van der Waals surface area contributed by atoms with Gasteiger partial charge >= 0.3 is 0 Å². The molecule has 0 aliphatic carbocycles. The summed E-state index contributed by atoms with van der Waals surface area (Å²) in [5, 5.41) is 3.49. The molecule has 3 nitrogen and oxygen atoms in total. The summed E-state index contributed by atoms with van der Waals surface area (Å²) in [6, 6.07) is 6.99. The van der Waals surface area contributed by atoms with Gasteiger partial charge in [0.25, 0.3) is 0 Å². The zero-order valence-corrected chi connectivity index (χ0v) is 11.4. The van der Waals surface area contributed by atoms with E-state index >= 15 is 0 Å². The third-order valence-corrected chi connectivity index (χ3v) is 3.32. The van der Waals surface area contributed by atoms with Crippen LogP contribution in [0.15, 0.2) is 18.2 Å². The molecule has 0 saturated carbocycles. The molecule has 1 atom stereocenters. The second-order valence-electron chi connectivity index (χ2n) is 4.80. The Kier molecular flexibility index (Phi) is 5.02. The van der Waals surface area contributed by atoms with Crippen LogP contribution in [0.1, 0.15) is 24.5 Å². The second-order valence-corrected chi connectivity index (χ2v) is 4.80. The van der Waals surface area contributed by atoms with E-state index in [1.165, 1.54) is 11.1 Å². The van der Waals surface area contributed by atoms with Gasteiger partial charge in [-0.25, -0.2) is 0 Å². The Bertz CT molecular complexity index is 373. The first-order valence-electron chi connectivity index (χ1n) is 6.83. The minimum Gasteiger partial charge on any atom is -0.494 e. The molecule has 0 radical (unpaired) electrons. The van der Waals surface area contributed by atoms with Crippen molar-refractivity contribution in [2.45, 2.75) is 32.7 Å². The quantitative estimate of drug-likeness (QED) is 0.868. The third kappa shape index (κ3) is 3.72. The Morgan fingerprint density at radius 2 is 2.33 bits per heavy atom. The zero-order valence-electron chi connectivity index (χ0n) is 11.4. The van der Waals surface area contributed by atoms with Crippen molar-refractivity contribution >= 4 is 0 Å². The number of rotatable bonds is 5. The molecular weight excluding hydrogens is 226 g/mol. The molecule has 2 rings (SSSR count). The maximum Gasteiger partial charge on any atom is 0.122 e. The normalized spacial score (nSPS) is 19.8. The lowest BCUT2D eigenvalue weighted by Gasteiger charge is -2.23. The average Bonchev–Trinajstić information content (AvgIpc) is 2.41. The smallest absolute Gasteiger partial charge is 0.122 e. The van der Waals surface area contributed by atoms with E-state index in [2.05, 4.69) is 30.4 Å². The van der Waals surface area contributed by atoms with Crippen molar-refractivity contribution in [1.82, 2.24) is 5.32 Å². The third-order valence-electron chi connectivity index (χ3n) is 3.32. The number of hydrogen-bond acceptors (Lipinski definition) is 3. The fourth-order valence-electron chi connectivity index (χ4n) is 2.33. The van der Waals surface area contributed by atoms with E-state index < -0.39 is 0 Å². The molecule has 1 aliphatic heterocycles. The Morgan fingerprint density at radius 1 is 1.44 bits per heavy atom. The van der Waals surface area contributed by atoms with Gasteiger partial charge in [0, 0.05) is 12.6 Å². The average molecular weight is 249 g/mol. The van der Waals surface area contributed by atoms with E-state index in [1.807, 2.05) is 6.92 Å². The fraction of sp³-hybridized carbons (Fsp3) is 0.600. The summed E-state index contributed by atoms with van der Waals surface area (Å²) in [4.78, 5) is 0. The summed E-state index contributed by atoms with van der Waals surface area (Å²) in [7, 11) is 0. The summed E-state index contributed by atoms with van der Waals surface area (Å²) >= 11 is 0. The van der Waals surface area contributed by atoms with Crippen LogP contribution >= 0.6 is 0 Å². The number of aryl methyl sites for hydroxylation is 2. The van der Waals surface area contributed by atoms with Crippen molar-refractivity contribution in [2.75, 3.05) is 26.4 Å². The molecule has 18 heavy (non-hydrogen) atoms. The van der Waals surface area contributed by atoms with Crippen molar-refractivity contribution in [1.29, 1.82) is 0 Å². The first kappa shape index (κ1) is 13.4. The lowest BCUT2D eigenvalue weighted by atomic mass is 10.0. The maximum atomic E-state index is 5.55. The van der Waals surface area contributed by atoms with Gasteiger partial charge in [-0.1, -0.05) is 12.1 Å². The highest BCUT2D eigenvalue weighted by molar-refractivity contribution is 5.36. The van der Waals surface area contributed by atoms with Gasteiger partial charge in [-0.2, -0.15) is 0 Å². The van der Waals surface area contributed by atoms with Crippen LogP contribution in [0.2, 0.25) is 0 Å². The molecule has 3 heteroatoms. The number of hydrogen-bond donors (Lipinski definition) is 1. The van der Waals surface area contributed by atoms with Crippen LogP contribution in [0, 0.1) is 6.92 Å². The fourth-order valence-corrected chi connectivity index (χ4v) is 2.33. The first-order chi connectivity index (χ1) is 8.79. The predicted molar refractivity (Wildman–Crippen MR) is 73.3 cm³/mol. The molecule has 1 saturated heterocycles. The van der Waals surface area contributed by atoms with Crippen LogP contribution < -0.4 is 10.1 Å². The van der Waals surface area contributed by atoms with Gasteiger partial charge in [0.15, 0.2) is 0 Å². The molecule has 1 N–H and O–H groups in total. The van der Waals surface area contributed by atoms with E-state index in [0.717, 1.165) is 45.0 Å². The van der Waals surface area contributed by atoms with E-state index in [0.29, 0.717) is 6.04 Å². The van der Waals surface area contributed by atoms with Gasteiger partial charge in [-0.15, -0.1) is 0 Å². The highest BCUT2D eigenvalue weighted by Gasteiger charge is 2.12. The molecular formula is C15H23NO2. The van der Waals surface area contributed by atoms with Gasteiger partial charge in [0.1, 0.15) is 5.75 Å². The Balaban J connectivity index is 1.87. The summed E-state index contributed by atoms with van der Waals surface area (Å²) < 4.78 is 11.0. The van der Waals surface area contributed by atoms with Crippen LogP contribution in [-0.2, 0) is 11.2 Å². The molecule has 100 valence electrons. The van der Waals surface area contributed by atoms with E-state index in [9.17, 15) is 0 Å². The molecule has 1 aliphatic rings. The largest absolute Gasteiger partial charge is 0.494 e. The molecule has 0 amide bonds. The van der Waals surface area contributed by atoms with Crippen LogP contribution in [0.4, 0.5) is 0 Å². The van der Waals surface area contributed by atoms with Crippen LogP contribution in [0.25, 0.3) is 0 Å². The summed E-state index contributed by atoms with van der Waals surface area (Å²) in [5.41, 5.74) is 2.60. The minimum atomic E-state index is 0.505. The van der Waals surface area contributed by atoms with Crippen molar-refractivity contribution in [3.8, 4) is 5.75 Å². The zero-order chi connectivity index (χ0) is 12.8. The van der Waals surface area contributed by atoms with Gasteiger partial charge in [0.2, 0.25) is 0 Å².